The van der Waals surface area contributed by atoms with Crippen LogP contribution in [0.25, 0.3) is 0 Å². The van der Waals surface area contributed by atoms with Gasteiger partial charge in [0.1, 0.15) is 11.9 Å². The number of piperidine rings is 1. The minimum atomic E-state index is -0.227. The van der Waals surface area contributed by atoms with Crippen LogP contribution in [0.1, 0.15) is 29.5 Å². The van der Waals surface area contributed by atoms with Gasteiger partial charge in [-0.25, -0.2) is 4.98 Å². The number of carbonyl (C=O) groups excluding carboxylic acids is 2. The Bertz CT molecular complexity index is 905. The number of para-hydroxylation sites is 1. The minimum Gasteiger partial charge on any atom is -0.357 e. The first-order chi connectivity index (χ1) is 14.0. The molecule has 1 aromatic carbocycles. The Hall–Kier alpha value is -3.40. The van der Waals surface area contributed by atoms with Crippen molar-refractivity contribution in [2.24, 2.45) is 5.92 Å². The van der Waals surface area contributed by atoms with Crippen molar-refractivity contribution in [1.29, 1.82) is 5.26 Å². The number of pyridine rings is 1. The molecule has 2 aromatic rings. The van der Waals surface area contributed by atoms with E-state index in [4.69, 9.17) is 5.26 Å². The number of carbonyl (C=O) groups is 2. The standard InChI is InChI=1S/C22H25N5O2/c1-15-4-3-5-16(2)21(15)26-20(28)14-25-22(29)18-8-10-27(11-9-18)19-7-6-17(12-23)13-24-19/h3-7,13,18H,8-11,14H2,1-2H3,(H,25,29)(H,26,28). The third kappa shape index (κ3) is 5.11. The minimum absolute atomic E-state index is 0.0377. The van der Waals surface area contributed by atoms with E-state index in [1.54, 1.807) is 12.3 Å². The van der Waals surface area contributed by atoms with Gasteiger partial charge < -0.3 is 15.5 Å². The van der Waals surface area contributed by atoms with Gasteiger partial charge in [0, 0.05) is 30.9 Å². The summed E-state index contributed by atoms with van der Waals surface area (Å²) in [6.07, 6.45) is 2.96. The molecule has 0 atom stereocenters. The number of hydrogen-bond donors (Lipinski definition) is 2. The molecule has 7 nitrogen and oxygen atoms in total. The summed E-state index contributed by atoms with van der Waals surface area (Å²) in [6.45, 7) is 5.27. The Morgan fingerprint density at radius 2 is 1.86 bits per heavy atom. The molecule has 2 amide bonds. The molecule has 0 unspecified atom stereocenters. The molecule has 1 aliphatic rings. The Morgan fingerprint density at radius 1 is 1.17 bits per heavy atom. The smallest absolute Gasteiger partial charge is 0.243 e. The highest BCUT2D eigenvalue weighted by Crippen LogP contribution is 2.22. The van der Waals surface area contributed by atoms with Gasteiger partial charge in [-0.2, -0.15) is 5.26 Å². The molecule has 0 bridgehead atoms. The van der Waals surface area contributed by atoms with E-state index in [-0.39, 0.29) is 24.3 Å². The molecule has 1 aliphatic heterocycles. The number of nitrogens with zero attached hydrogens (tertiary/aromatic N) is 3. The van der Waals surface area contributed by atoms with Gasteiger partial charge in [-0.3, -0.25) is 9.59 Å². The number of aryl methyl sites for hydroxylation is 2. The van der Waals surface area contributed by atoms with Crippen LogP contribution < -0.4 is 15.5 Å². The first-order valence-corrected chi connectivity index (χ1v) is 9.73. The van der Waals surface area contributed by atoms with Crippen molar-refractivity contribution in [3.8, 4) is 6.07 Å². The lowest BCUT2D eigenvalue weighted by Gasteiger charge is -2.32. The van der Waals surface area contributed by atoms with E-state index >= 15 is 0 Å². The highest BCUT2D eigenvalue weighted by molar-refractivity contribution is 5.96. The monoisotopic (exact) mass is 391 g/mol. The SMILES string of the molecule is Cc1cccc(C)c1NC(=O)CNC(=O)C1CCN(c2ccc(C#N)cn2)CC1. The summed E-state index contributed by atoms with van der Waals surface area (Å²) < 4.78 is 0. The summed E-state index contributed by atoms with van der Waals surface area (Å²) in [7, 11) is 0. The molecule has 3 rings (SSSR count). The molecule has 1 saturated heterocycles. The Labute approximate surface area is 170 Å². The predicted molar refractivity (Wildman–Crippen MR) is 111 cm³/mol. The second kappa shape index (κ2) is 9.20. The number of nitrogens with one attached hydrogen (secondary N) is 2. The Morgan fingerprint density at radius 3 is 2.45 bits per heavy atom. The molecule has 29 heavy (non-hydrogen) atoms. The normalized spacial score (nSPS) is 14.2. The maximum Gasteiger partial charge on any atom is 0.243 e. The molecule has 0 aliphatic carbocycles. The number of aromatic nitrogens is 1. The van der Waals surface area contributed by atoms with Crippen LogP contribution in [-0.2, 0) is 9.59 Å². The van der Waals surface area contributed by atoms with Gasteiger partial charge in [0.05, 0.1) is 12.1 Å². The van der Waals surface area contributed by atoms with Crippen molar-refractivity contribution in [3.63, 3.8) is 0 Å². The fourth-order valence-corrected chi connectivity index (χ4v) is 3.52. The van der Waals surface area contributed by atoms with Crippen LogP contribution in [0.4, 0.5) is 11.5 Å². The molecule has 0 spiro atoms. The fraction of sp³-hybridized carbons (Fsp3) is 0.364. The van der Waals surface area contributed by atoms with Gasteiger partial charge in [0.15, 0.2) is 0 Å². The van der Waals surface area contributed by atoms with Gasteiger partial charge in [0.2, 0.25) is 11.8 Å². The largest absolute Gasteiger partial charge is 0.357 e. The highest BCUT2D eigenvalue weighted by atomic mass is 16.2. The van der Waals surface area contributed by atoms with Crippen LogP contribution in [0.3, 0.4) is 0 Å². The van der Waals surface area contributed by atoms with Gasteiger partial charge >= 0.3 is 0 Å². The van der Waals surface area contributed by atoms with E-state index in [1.807, 2.05) is 38.1 Å². The molecular weight excluding hydrogens is 366 g/mol. The summed E-state index contributed by atoms with van der Waals surface area (Å²) in [5.74, 6) is 0.387. The molecule has 0 saturated carbocycles. The third-order valence-electron chi connectivity index (χ3n) is 5.24. The highest BCUT2D eigenvalue weighted by Gasteiger charge is 2.25. The predicted octanol–water partition coefficient (Wildman–Crippen LogP) is 2.54. The van der Waals surface area contributed by atoms with Crippen LogP contribution in [0.15, 0.2) is 36.5 Å². The third-order valence-corrected chi connectivity index (χ3v) is 5.24. The second-order valence-electron chi connectivity index (χ2n) is 7.31. The van der Waals surface area contributed by atoms with E-state index in [2.05, 4.69) is 26.6 Å². The van der Waals surface area contributed by atoms with Gasteiger partial charge in [-0.15, -0.1) is 0 Å². The van der Waals surface area contributed by atoms with E-state index in [0.29, 0.717) is 31.5 Å². The van der Waals surface area contributed by atoms with Crippen LogP contribution in [0, 0.1) is 31.1 Å². The summed E-state index contributed by atoms with van der Waals surface area (Å²) in [4.78, 5) is 31.1. The van der Waals surface area contributed by atoms with Crippen molar-refractivity contribution in [2.45, 2.75) is 26.7 Å². The van der Waals surface area contributed by atoms with Crippen molar-refractivity contribution in [2.75, 3.05) is 29.9 Å². The average molecular weight is 391 g/mol. The number of hydrogen-bond acceptors (Lipinski definition) is 5. The first-order valence-electron chi connectivity index (χ1n) is 9.73. The maximum atomic E-state index is 12.5. The van der Waals surface area contributed by atoms with Crippen LogP contribution in [0.5, 0.6) is 0 Å². The molecule has 150 valence electrons. The molecule has 0 radical (unpaired) electrons. The van der Waals surface area contributed by atoms with E-state index in [9.17, 15) is 9.59 Å². The zero-order chi connectivity index (χ0) is 20.8. The molecular formula is C22H25N5O2. The number of nitriles is 1. The summed E-state index contributed by atoms with van der Waals surface area (Å²) in [6, 6.07) is 11.5. The molecule has 1 aromatic heterocycles. The summed E-state index contributed by atoms with van der Waals surface area (Å²) >= 11 is 0. The lowest BCUT2D eigenvalue weighted by atomic mass is 9.96. The molecule has 7 heteroatoms. The van der Waals surface area contributed by atoms with Crippen molar-refractivity contribution < 1.29 is 9.59 Å². The van der Waals surface area contributed by atoms with Crippen molar-refractivity contribution in [1.82, 2.24) is 10.3 Å². The van der Waals surface area contributed by atoms with Crippen LogP contribution >= 0.6 is 0 Å². The zero-order valence-corrected chi connectivity index (χ0v) is 16.7. The Kier molecular flexibility index (Phi) is 6.45. The van der Waals surface area contributed by atoms with Gasteiger partial charge in [-0.1, -0.05) is 18.2 Å². The molecule has 1 fully saturated rings. The summed E-state index contributed by atoms with van der Waals surface area (Å²) in [5.41, 5.74) is 3.32. The summed E-state index contributed by atoms with van der Waals surface area (Å²) in [5, 5.41) is 14.5. The average Bonchev–Trinajstić information content (AvgIpc) is 2.75. The fourth-order valence-electron chi connectivity index (χ4n) is 3.52. The van der Waals surface area contributed by atoms with E-state index < -0.39 is 0 Å². The number of amides is 2. The molecule has 2 N–H and O–H groups in total. The van der Waals surface area contributed by atoms with Crippen LogP contribution in [0.2, 0.25) is 0 Å². The molecule has 2 heterocycles. The van der Waals surface area contributed by atoms with Crippen molar-refractivity contribution >= 4 is 23.3 Å². The topological polar surface area (TPSA) is 98.1 Å². The Balaban J connectivity index is 1.46. The lowest BCUT2D eigenvalue weighted by molar-refractivity contribution is -0.127. The van der Waals surface area contributed by atoms with Gasteiger partial charge in [-0.05, 0) is 49.9 Å². The maximum absolute atomic E-state index is 12.5. The quantitative estimate of drug-likeness (QED) is 0.816. The van der Waals surface area contributed by atoms with Crippen LogP contribution in [-0.4, -0.2) is 36.4 Å². The van der Waals surface area contributed by atoms with Gasteiger partial charge in [0.25, 0.3) is 0 Å². The first kappa shape index (κ1) is 20.3. The van der Waals surface area contributed by atoms with Crippen molar-refractivity contribution in [3.05, 3.63) is 53.2 Å². The van der Waals surface area contributed by atoms with E-state index in [1.165, 1.54) is 0 Å². The lowest BCUT2D eigenvalue weighted by Crippen LogP contribution is -2.42. The number of anilines is 2. The van der Waals surface area contributed by atoms with E-state index in [0.717, 1.165) is 22.6 Å². The number of rotatable bonds is 5. The second-order valence-corrected chi connectivity index (χ2v) is 7.31. The zero-order valence-electron chi connectivity index (χ0n) is 16.7. The number of benzene rings is 1.